The van der Waals surface area contributed by atoms with E-state index >= 15 is 0 Å². The first kappa shape index (κ1) is 12.8. The van der Waals surface area contributed by atoms with E-state index in [9.17, 15) is 4.79 Å². The average molecular weight is 287 g/mol. The summed E-state index contributed by atoms with van der Waals surface area (Å²) in [6.45, 7) is 3.98. The fourth-order valence-electron chi connectivity index (χ4n) is 1.37. The lowest BCUT2D eigenvalue weighted by atomic mass is 10.1. The summed E-state index contributed by atoms with van der Waals surface area (Å²) in [5, 5.41) is 0. The predicted molar refractivity (Wildman–Crippen MR) is 70.3 cm³/mol. The van der Waals surface area contributed by atoms with Gasteiger partial charge in [-0.25, -0.2) is 0 Å². The molecule has 0 N–H and O–H groups in total. The summed E-state index contributed by atoms with van der Waals surface area (Å²) >= 11 is 4.95. The quantitative estimate of drug-likeness (QED) is 0.474. The van der Waals surface area contributed by atoms with Crippen molar-refractivity contribution in [2.24, 2.45) is 0 Å². The van der Waals surface area contributed by atoms with E-state index in [1.165, 1.54) is 5.56 Å². The molecule has 0 spiro atoms. The van der Waals surface area contributed by atoms with Crippen molar-refractivity contribution in [2.45, 2.75) is 30.0 Å². The summed E-state index contributed by atoms with van der Waals surface area (Å²) < 4.78 is 0. The van der Waals surface area contributed by atoms with Crippen LogP contribution in [0.2, 0.25) is 0 Å². The van der Waals surface area contributed by atoms with Crippen molar-refractivity contribution in [3.05, 3.63) is 29.3 Å². The van der Waals surface area contributed by atoms with Gasteiger partial charge in [0.15, 0.2) is 5.78 Å². The first-order valence-electron chi connectivity index (χ1n) is 4.95. The summed E-state index contributed by atoms with van der Waals surface area (Å²) in [5.41, 5.74) is 2.10. The molecule has 0 heterocycles. The maximum atomic E-state index is 11.9. The second-order valence-corrected chi connectivity index (χ2v) is 5.59. The number of Topliss-reactive ketones (excluding diaryl/α,β-unsaturated/α-hetero) is 1. The Morgan fingerprint density at radius 1 is 1.53 bits per heavy atom. The molecule has 0 amide bonds. The fraction of sp³-hybridized carbons (Fsp3) is 0.417. The Kier molecular flexibility index (Phi) is 4.87. The van der Waals surface area contributed by atoms with Crippen LogP contribution in [0.15, 0.2) is 23.1 Å². The lowest BCUT2D eigenvalue weighted by Crippen LogP contribution is -2.11. The van der Waals surface area contributed by atoms with Crippen LogP contribution in [0.5, 0.6) is 0 Å². The molecular formula is C12H15BrOS. The number of benzene rings is 1. The van der Waals surface area contributed by atoms with E-state index in [0.717, 1.165) is 16.9 Å². The zero-order chi connectivity index (χ0) is 11.4. The standard InChI is InChI=1S/C12H15BrOS/c1-4-9-5-6-10(11(7-9)15-3)12(14)8(2)13/h5-8H,4H2,1-3H3. The lowest BCUT2D eigenvalue weighted by molar-refractivity contribution is 0.0993. The molecule has 3 heteroatoms. The van der Waals surface area contributed by atoms with Crippen LogP contribution in [0.1, 0.15) is 29.8 Å². The first-order chi connectivity index (χ1) is 7.10. The van der Waals surface area contributed by atoms with Crippen LogP contribution >= 0.6 is 27.7 Å². The van der Waals surface area contributed by atoms with E-state index in [1.54, 1.807) is 11.8 Å². The van der Waals surface area contributed by atoms with Gasteiger partial charge in [-0.15, -0.1) is 11.8 Å². The Morgan fingerprint density at radius 3 is 2.67 bits per heavy atom. The Balaban J connectivity index is 3.13. The number of aryl methyl sites for hydroxylation is 1. The van der Waals surface area contributed by atoms with Crippen molar-refractivity contribution in [3.8, 4) is 0 Å². The number of carbonyl (C=O) groups excluding carboxylic acids is 1. The molecule has 0 aromatic heterocycles. The monoisotopic (exact) mass is 286 g/mol. The molecule has 1 nitrogen and oxygen atoms in total. The van der Waals surface area contributed by atoms with Crippen LogP contribution in [-0.2, 0) is 6.42 Å². The van der Waals surface area contributed by atoms with E-state index < -0.39 is 0 Å². The van der Waals surface area contributed by atoms with Gasteiger partial charge in [0, 0.05) is 10.5 Å². The molecule has 15 heavy (non-hydrogen) atoms. The number of thioether (sulfide) groups is 1. The van der Waals surface area contributed by atoms with E-state index in [0.29, 0.717) is 0 Å². The number of rotatable bonds is 4. The van der Waals surface area contributed by atoms with Gasteiger partial charge in [0.2, 0.25) is 0 Å². The third kappa shape index (κ3) is 3.08. The van der Waals surface area contributed by atoms with Gasteiger partial charge in [0.25, 0.3) is 0 Å². The average Bonchev–Trinajstić information content (AvgIpc) is 2.27. The topological polar surface area (TPSA) is 17.1 Å². The summed E-state index contributed by atoms with van der Waals surface area (Å²) in [5.74, 6) is 0.155. The van der Waals surface area contributed by atoms with E-state index in [2.05, 4.69) is 28.9 Å². The Bertz CT molecular complexity index is 361. The van der Waals surface area contributed by atoms with Crippen molar-refractivity contribution in [1.29, 1.82) is 0 Å². The number of hydrogen-bond acceptors (Lipinski definition) is 2. The number of hydrogen-bond donors (Lipinski definition) is 0. The van der Waals surface area contributed by atoms with Crippen LogP contribution < -0.4 is 0 Å². The normalized spacial score (nSPS) is 12.5. The third-order valence-electron chi connectivity index (χ3n) is 2.30. The summed E-state index contributed by atoms with van der Waals surface area (Å²) in [7, 11) is 0. The van der Waals surface area contributed by atoms with Crippen molar-refractivity contribution < 1.29 is 4.79 Å². The van der Waals surface area contributed by atoms with Gasteiger partial charge in [0.05, 0.1) is 4.83 Å². The molecular weight excluding hydrogens is 272 g/mol. The Labute approximate surface area is 104 Å². The van der Waals surface area contributed by atoms with Crippen molar-refractivity contribution in [2.75, 3.05) is 6.26 Å². The highest BCUT2D eigenvalue weighted by Crippen LogP contribution is 2.24. The van der Waals surface area contributed by atoms with Gasteiger partial charge in [-0.1, -0.05) is 28.9 Å². The SMILES string of the molecule is CCc1ccc(C(=O)C(C)Br)c(SC)c1. The van der Waals surface area contributed by atoms with Crippen LogP contribution in [0, 0.1) is 0 Å². The molecule has 1 unspecified atom stereocenters. The van der Waals surface area contributed by atoms with Gasteiger partial charge in [0.1, 0.15) is 0 Å². The lowest BCUT2D eigenvalue weighted by Gasteiger charge is -2.09. The van der Waals surface area contributed by atoms with Crippen LogP contribution in [0.3, 0.4) is 0 Å². The summed E-state index contributed by atoms with van der Waals surface area (Å²) in [4.78, 5) is 12.8. The molecule has 0 aliphatic carbocycles. The van der Waals surface area contributed by atoms with Gasteiger partial charge in [-0.05, 0) is 37.3 Å². The van der Waals surface area contributed by atoms with Crippen LogP contribution in [0.4, 0.5) is 0 Å². The molecule has 0 bridgehead atoms. The first-order valence-corrected chi connectivity index (χ1v) is 7.09. The Hall–Kier alpha value is -0.280. The van der Waals surface area contributed by atoms with Gasteiger partial charge < -0.3 is 0 Å². The van der Waals surface area contributed by atoms with Crippen molar-refractivity contribution in [1.82, 2.24) is 0 Å². The molecule has 0 radical (unpaired) electrons. The molecule has 1 rings (SSSR count). The number of alkyl halides is 1. The molecule has 0 saturated heterocycles. The van der Waals surface area contributed by atoms with Crippen molar-refractivity contribution >= 4 is 33.5 Å². The zero-order valence-corrected chi connectivity index (χ0v) is 11.6. The van der Waals surface area contributed by atoms with Crippen molar-refractivity contribution in [3.63, 3.8) is 0 Å². The second-order valence-electron chi connectivity index (χ2n) is 3.37. The minimum absolute atomic E-state index is 0.115. The summed E-state index contributed by atoms with van der Waals surface area (Å²) in [6.07, 6.45) is 3.01. The smallest absolute Gasteiger partial charge is 0.177 e. The molecule has 1 aromatic carbocycles. The van der Waals surface area contributed by atoms with E-state index in [1.807, 2.05) is 25.3 Å². The molecule has 0 aliphatic heterocycles. The number of halogens is 1. The maximum absolute atomic E-state index is 11.9. The van der Waals surface area contributed by atoms with Gasteiger partial charge in [-0.2, -0.15) is 0 Å². The molecule has 0 fully saturated rings. The minimum atomic E-state index is -0.115. The minimum Gasteiger partial charge on any atom is -0.293 e. The molecule has 1 aromatic rings. The van der Waals surface area contributed by atoms with Crippen LogP contribution in [-0.4, -0.2) is 16.9 Å². The fourth-order valence-corrected chi connectivity index (χ4v) is 2.28. The Morgan fingerprint density at radius 2 is 2.20 bits per heavy atom. The van der Waals surface area contributed by atoms with E-state index in [4.69, 9.17) is 0 Å². The maximum Gasteiger partial charge on any atom is 0.177 e. The van der Waals surface area contributed by atoms with Gasteiger partial charge >= 0.3 is 0 Å². The van der Waals surface area contributed by atoms with E-state index in [-0.39, 0.29) is 10.6 Å². The molecule has 82 valence electrons. The predicted octanol–water partition coefficient (Wildman–Crippen LogP) is 3.94. The number of ketones is 1. The molecule has 0 aliphatic rings. The number of carbonyl (C=O) groups is 1. The highest BCUT2D eigenvalue weighted by atomic mass is 79.9. The summed E-state index contributed by atoms with van der Waals surface area (Å²) in [6, 6.07) is 6.07. The largest absolute Gasteiger partial charge is 0.293 e. The van der Waals surface area contributed by atoms with Gasteiger partial charge in [-0.3, -0.25) is 4.79 Å². The zero-order valence-electron chi connectivity index (χ0n) is 9.21. The third-order valence-corrected chi connectivity index (χ3v) is 3.49. The molecule has 1 atom stereocenters. The van der Waals surface area contributed by atoms with Crippen LogP contribution in [0.25, 0.3) is 0 Å². The highest BCUT2D eigenvalue weighted by molar-refractivity contribution is 9.10. The highest BCUT2D eigenvalue weighted by Gasteiger charge is 2.15. The molecule has 0 saturated carbocycles. The second kappa shape index (κ2) is 5.71.